The Labute approximate surface area is 98.7 Å². The minimum atomic E-state index is -0.961. The predicted octanol–water partition coefficient (Wildman–Crippen LogP) is 1.36. The van der Waals surface area contributed by atoms with E-state index in [1.165, 1.54) is 18.6 Å². The molecule has 0 aliphatic heterocycles. The fourth-order valence-electron chi connectivity index (χ4n) is 1.69. The summed E-state index contributed by atoms with van der Waals surface area (Å²) in [5.74, 6) is -1.89. The maximum Gasteiger partial charge on any atom is 0.349 e. The third-order valence-electron chi connectivity index (χ3n) is 2.54. The molecule has 0 fully saturated rings. The largest absolute Gasteiger partial charge is 0.349 e. The van der Waals surface area contributed by atoms with Gasteiger partial charge in [-0.25, -0.2) is 18.6 Å². The molecule has 1 aromatic carbocycles. The first-order valence-corrected chi connectivity index (χ1v) is 5.03. The molecule has 0 amide bonds. The van der Waals surface area contributed by atoms with Crippen LogP contribution in [0.1, 0.15) is 0 Å². The molecule has 0 saturated carbocycles. The fraction of sp³-hybridized carbons (Fsp3) is 0. The lowest BCUT2D eigenvalue weighted by atomic mass is 10.1. The Bertz CT molecular complexity index is 793. The number of benzene rings is 1. The van der Waals surface area contributed by atoms with Crippen LogP contribution in [0.2, 0.25) is 0 Å². The second-order valence-corrected chi connectivity index (χ2v) is 3.63. The first-order chi connectivity index (χ1) is 8.66. The number of aromatic amines is 1. The molecule has 1 N–H and O–H groups in total. The summed E-state index contributed by atoms with van der Waals surface area (Å²) < 4.78 is 27.1. The van der Waals surface area contributed by atoms with Crippen LogP contribution in [0.5, 0.6) is 0 Å². The van der Waals surface area contributed by atoms with Crippen LogP contribution in [0.25, 0.3) is 16.8 Å². The van der Waals surface area contributed by atoms with Crippen molar-refractivity contribution in [3.63, 3.8) is 0 Å². The zero-order valence-corrected chi connectivity index (χ0v) is 8.89. The summed E-state index contributed by atoms with van der Waals surface area (Å²) in [6.07, 6.45) is 2.60. The standard InChI is InChI=1S/C11H6F2N4O/c12-8-2-1-6(3-9(8)13)7-4-16-17-10(7)14-5-15-11(17)18/h1-5H,(H,14,15,18). The summed E-state index contributed by atoms with van der Waals surface area (Å²) in [7, 11) is 0. The Morgan fingerprint density at radius 1 is 1.22 bits per heavy atom. The fourth-order valence-corrected chi connectivity index (χ4v) is 1.69. The third kappa shape index (κ3) is 1.48. The van der Waals surface area contributed by atoms with Crippen molar-refractivity contribution in [2.24, 2.45) is 0 Å². The smallest absolute Gasteiger partial charge is 0.296 e. The van der Waals surface area contributed by atoms with Crippen LogP contribution in [0.15, 0.2) is 35.5 Å². The van der Waals surface area contributed by atoms with Crippen molar-refractivity contribution in [3.8, 4) is 11.1 Å². The lowest BCUT2D eigenvalue weighted by Gasteiger charge is -1.99. The van der Waals surface area contributed by atoms with E-state index in [2.05, 4.69) is 15.1 Å². The lowest BCUT2D eigenvalue weighted by Crippen LogP contribution is -2.17. The van der Waals surface area contributed by atoms with E-state index in [-0.39, 0.29) is 5.65 Å². The molecule has 7 heteroatoms. The molecule has 0 saturated heterocycles. The van der Waals surface area contributed by atoms with Gasteiger partial charge in [0.2, 0.25) is 0 Å². The van der Waals surface area contributed by atoms with E-state index in [0.29, 0.717) is 11.1 Å². The number of aromatic nitrogens is 4. The van der Waals surface area contributed by atoms with Gasteiger partial charge >= 0.3 is 5.69 Å². The van der Waals surface area contributed by atoms with Crippen molar-refractivity contribution in [2.75, 3.05) is 0 Å². The average Bonchev–Trinajstić information content (AvgIpc) is 2.78. The molecule has 0 atom stereocenters. The molecule has 5 nitrogen and oxygen atoms in total. The van der Waals surface area contributed by atoms with E-state index >= 15 is 0 Å². The number of nitrogens with one attached hydrogen (secondary N) is 1. The minimum absolute atomic E-state index is 0.282. The molecule has 0 aliphatic rings. The van der Waals surface area contributed by atoms with Gasteiger partial charge in [-0.15, -0.1) is 0 Å². The number of rotatable bonds is 1. The first-order valence-electron chi connectivity index (χ1n) is 5.03. The number of hydrogen-bond acceptors (Lipinski definition) is 3. The van der Waals surface area contributed by atoms with E-state index in [9.17, 15) is 13.6 Å². The van der Waals surface area contributed by atoms with Crippen molar-refractivity contribution in [2.45, 2.75) is 0 Å². The third-order valence-corrected chi connectivity index (χ3v) is 2.54. The molecular weight excluding hydrogens is 242 g/mol. The van der Waals surface area contributed by atoms with Crippen LogP contribution < -0.4 is 5.69 Å². The van der Waals surface area contributed by atoms with Gasteiger partial charge in [-0.3, -0.25) is 4.98 Å². The molecule has 2 aromatic heterocycles. The van der Waals surface area contributed by atoms with Gasteiger partial charge in [0.15, 0.2) is 17.3 Å². The quantitative estimate of drug-likeness (QED) is 0.707. The normalized spacial score (nSPS) is 11.0. The van der Waals surface area contributed by atoms with Crippen LogP contribution in [-0.4, -0.2) is 19.6 Å². The average molecular weight is 248 g/mol. The highest BCUT2D eigenvalue weighted by Crippen LogP contribution is 2.23. The number of hydrogen-bond donors (Lipinski definition) is 1. The van der Waals surface area contributed by atoms with E-state index in [1.54, 1.807) is 0 Å². The number of nitrogens with zero attached hydrogens (tertiary/aromatic N) is 3. The Kier molecular flexibility index (Phi) is 2.19. The minimum Gasteiger partial charge on any atom is -0.296 e. The van der Waals surface area contributed by atoms with E-state index < -0.39 is 17.3 Å². The maximum absolute atomic E-state index is 13.2. The summed E-state index contributed by atoms with van der Waals surface area (Å²) in [6.45, 7) is 0. The monoisotopic (exact) mass is 248 g/mol. The van der Waals surface area contributed by atoms with Crippen LogP contribution in [0.4, 0.5) is 8.78 Å². The number of H-pyrrole nitrogens is 1. The molecule has 2 heterocycles. The van der Waals surface area contributed by atoms with Crippen LogP contribution >= 0.6 is 0 Å². The van der Waals surface area contributed by atoms with Gasteiger partial charge in [0.05, 0.1) is 12.5 Å². The Hall–Kier alpha value is -2.57. The van der Waals surface area contributed by atoms with Crippen LogP contribution in [0, 0.1) is 11.6 Å². The SMILES string of the molecule is O=c1[nH]cnc2c(-c3ccc(F)c(F)c3)cnn12. The second kappa shape index (κ2) is 3.73. The highest BCUT2D eigenvalue weighted by atomic mass is 19.2. The highest BCUT2D eigenvalue weighted by molar-refractivity contribution is 5.76. The van der Waals surface area contributed by atoms with Crippen molar-refractivity contribution in [1.29, 1.82) is 0 Å². The Morgan fingerprint density at radius 2 is 2.06 bits per heavy atom. The van der Waals surface area contributed by atoms with Gasteiger partial charge in [0.25, 0.3) is 0 Å². The maximum atomic E-state index is 13.2. The number of halogens is 2. The Balaban J connectivity index is 2.29. The molecule has 3 aromatic rings. The molecule has 0 unspecified atom stereocenters. The van der Waals surface area contributed by atoms with Crippen LogP contribution in [0.3, 0.4) is 0 Å². The van der Waals surface area contributed by atoms with Crippen molar-refractivity contribution >= 4 is 5.65 Å². The second-order valence-electron chi connectivity index (χ2n) is 3.63. The molecular formula is C11H6F2N4O. The van der Waals surface area contributed by atoms with E-state index in [0.717, 1.165) is 16.6 Å². The van der Waals surface area contributed by atoms with E-state index in [1.807, 2.05) is 0 Å². The van der Waals surface area contributed by atoms with Crippen molar-refractivity contribution in [3.05, 3.63) is 52.8 Å². The van der Waals surface area contributed by atoms with Crippen LogP contribution in [-0.2, 0) is 0 Å². The zero-order valence-electron chi connectivity index (χ0n) is 8.89. The highest BCUT2D eigenvalue weighted by Gasteiger charge is 2.11. The van der Waals surface area contributed by atoms with Gasteiger partial charge in [0.1, 0.15) is 0 Å². The van der Waals surface area contributed by atoms with Crippen molar-refractivity contribution in [1.82, 2.24) is 19.6 Å². The lowest BCUT2D eigenvalue weighted by molar-refractivity contribution is 0.509. The van der Waals surface area contributed by atoms with E-state index in [4.69, 9.17) is 0 Å². The molecule has 18 heavy (non-hydrogen) atoms. The topological polar surface area (TPSA) is 63.0 Å². The number of fused-ring (bicyclic) bond motifs is 1. The summed E-state index contributed by atoms with van der Waals surface area (Å²) in [5.41, 5.74) is 0.695. The summed E-state index contributed by atoms with van der Waals surface area (Å²) in [4.78, 5) is 17.7. The molecule has 90 valence electrons. The van der Waals surface area contributed by atoms with Gasteiger partial charge in [-0.2, -0.15) is 9.61 Å². The molecule has 0 bridgehead atoms. The van der Waals surface area contributed by atoms with Gasteiger partial charge in [-0.1, -0.05) is 6.07 Å². The summed E-state index contributed by atoms with van der Waals surface area (Å²) in [6, 6.07) is 3.45. The van der Waals surface area contributed by atoms with Gasteiger partial charge < -0.3 is 0 Å². The Morgan fingerprint density at radius 3 is 2.83 bits per heavy atom. The predicted molar refractivity (Wildman–Crippen MR) is 59.0 cm³/mol. The summed E-state index contributed by atoms with van der Waals surface area (Å²) in [5, 5.41) is 3.84. The summed E-state index contributed by atoms with van der Waals surface area (Å²) >= 11 is 0. The van der Waals surface area contributed by atoms with Crippen molar-refractivity contribution < 1.29 is 8.78 Å². The molecule has 0 aliphatic carbocycles. The van der Waals surface area contributed by atoms with Gasteiger partial charge in [-0.05, 0) is 17.7 Å². The first kappa shape index (κ1) is 10.6. The zero-order chi connectivity index (χ0) is 12.7. The molecule has 0 spiro atoms. The molecule has 3 rings (SSSR count). The van der Waals surface area contributed by atoms with Gasteiger partial charge in [0, 0.05) is 5.56 Å². The molecule has 0 radical (unpaired) electrons.